The molecular formula is C15H12N2O4. The molecule has 0 radical (unpaired) electrons. The average Bonchev–Trinajstić information content (AvgIpc) is 2.72. The number of rotatable bonds is 0. The highest BCUT2D eigenvalue weighted by molar-refractivity contribution is 6.18. The Morgan fingerprint density at radius 3 is 2.29 bits per heavy atom. The average molecular weight is 284 g/mol. The molecule has 0 N–H and O–H groups in total. The summed E-state index contributed by atoms with van der Waals surface area (Å²) in [7, 11) is 0. The number of hydrogen-bond donors (Lipinski definition) is 0. The molecule has 0 atom stereocenters. The van der Waals surface area contributed by atoms with E-state index in [1.54, 1.807) is 24.4 Å². The quantitative estimate of drug-likeness (QED) is 0.500. The van der Waals surface area contributed by atoms with Gasteiger partial charge in [0, 0.05) is 24.8 Å². The zero-order chi connectivity index (χ0) is 14.9. The summed E-state index contributed by atoms with van der Waals surface area (Å²) in [5, 5.41) is 0. The molecule has 1 fully saturated rings. The second-order valence-corrected chi connectivity index (χ2v) is 3.81. The van der Waals surface area contributed by atoms with Crippen molar-refractivity contribution >= 4 is 24.4 Å². The Hall–Kier alpha value is -3.02. The number of cyclic esters (lactones) is 2. The van der Waals surface area contributed by atoms with Crippen LogP contribution in [0.3, 0.4) is 0 Å². The molecule has 0 saturated carbocycles. The molecule has 0 bridgehead atoms. The molecule has 1 saturated heterocycles. The van der Waals surface area contributed by atoms with Gasteiger partial charge in [0.15, 0.2) is 0 Å². The van der Waals surface area contributed by atoms with E-state index >= 15 is 0 Å². The summed E-state index contributed by atoms with van der Waals surface area (Å²) in [6, 6.07) is 0. The zero-order valence-corrected chi connectivity index (χ0v) is 11.0. The van der Waals surface area contributed by atoms with Crippen molar-refractivity contribution in [3.63, 3.8) is 0 Å². The number of nitrogens with zero attached hydrogens (tertiary/aromatic N) is 2. The number of ether oxygens (including phenoxy) is 2. The Kier molecular flexibility index (Phi) is 5.17. The van der Waals surface area contributed by atoms with Crippen molar-refractivity contribution in [2.45, 2.75) is 0 Å². The lowest BCUT2D eigenvalue weighted by molar-refractivity contribution is -0.149. The molecule has 0 aromatic heterocycles. The first-order chi connectivity index (χ1) is 10.3. The summed E-state index contributed by atoms with van der Waals surface area (Å²) in [6.07, 6.45) is 15.2. The molecule has 0 aromatic carbocycles. The van der Waals surface area contributed by atoms with Crippen molar-refractivity contribution in [2.75, 3.05) is 6.61 Å². The monoisotopic (exact) mass is 284 g/mol. The van der Waals surface area contributed by atoms with Crippen molar-refractivity contribution in [3.05, 3.63) is 60.2 Å². The molecule has 2 aliphatic rings. The minimum absolute atomic E-state index is 0.184. The van der Waals surface area contributed by atoms with Crippen molar-refractivity contribution in [3.8, 4) is 0 Å². The van der Waals surface area contributed by atoms with Gasteiger partial charge in [-0.1, -0.05) is 0 Å². The van der Waals surface area contributed by atoms with Crippen LogP contribution in [-0.4, -0.2) is 31.0 Å². The topological polar surface area (TPSA) is 77.3 Å². The van der Waals surface area contributed by atoms with E-state index in [4.69, 9.17) is 4.74 Å². The SMILES string of the molecule is O=C1OC(=O)C2=CC=CN=CCOC=CC=NC=CC=C12. The first-order valence-electron chi connectivity index (χ1n) is 6.11. The van der Waals surface area contributed by atoms with Crippen molar-refractivity contribution < 1.29 is 19.1 Å². The smallest absolute Gasteiger partial charge is 0.346 e. The molecule has 0 amide bonds. The van der Waals surface area contributed by atoms with Crippen molar-refractivity contribution in [1.29, 1.82) is 0 Å². The Labute approximate surface area is 121 Å². The van der Waals surface area contributed by atoms with Crippen molar-refractivity contribution in [1.82, 2.24) is 0 Å². The molecule has 6 heteroatoms. The van der Waals surface area contributed by atoms with Gasteiger partial charge in [0.1, 0.15) is 6.61 Å². The van der Waals surface area contributed by atoms with E-state index in [1.165, 1.54) is 37.0 Å². The van der Waals surface area contributed by atoms with Crippen LogP contribution < -0.4 is 0 Å². The lowest BCUT2D eigenvalue weighted by Crippen LogP contribution is -1.96. The summed E-state index contributed by atoms with van der Waals surface area (Å²) >= 11 is 0. The van der Waals surface area contributed by atoms with Gasteiger partial charge in [-0.25, -0.2) is 9.59 Å². The van der Waals surface area contributed by atoms with E-state index in [0.29, 0.717) is 6.61 Å². The summed E-state index contributed by atoms with van der Waals surface area (Å²) in [4.78, 5) is 31.0. The van der Waals surface area contributed by atoms with E-state index in [1.807, 2.05) is 0 Å². The fourth-order valence-electron chi connectivity index (χ4n) is 1.50. The Bertz CT molecular complexity index is 634. The van der Waals surface area contributed by atoms with Gasteiger partial charge >= 0.3 is 11.9 Å². The number of carbonyl (C=O) groups excluding carboxylic acids is 2. The predicted molar refractivity (Wildman–Crippen MR) is 77.6 cm³/mol. The Morgan fingerprint density at radius 2 is 1.57 bits per heavy atom. The predicted octanol–water partition coefficient (Wildman–Crippen LogP) is 1.64. The number of esters is 2. The second-order valence-electron chi connectivity index (χ2n) is 3.81. The summed E-state index contributed by atoms with van der Waals surface area (Å²) in [5.41, 5.74) is 0.370. The number of allylic oxidation sites excluding steroid dienone is 5. The highest BCUT2D eigenvalue weighted by Gasteiger charge is 2.32. The zero-order valence-electron chi connectivity index (χ0n) is 11.0. The summed E-state index contributed by atoms with van der Waals surface area (Å²) in [6.45, 7) is 0.312. The minimum Gasteiger partial charge on any atom is -0.495 e. The lowest BCUT2D eigenvalue weighted by atomic mass is 10.1. The van der Waals surface area contributed by atoms with E-state index in [-0.39, 0.29) is 11.1 Å². The number of carbonyl (C=O) groups is 2. The molecule has 0 spiro atoms. The molecular weight excluding hydrogens is 272 g/mol. The molecule has 2 aliphatic heterocycles. The van der Waals surface area contributed by atoms with Crippen LogP contribution in [0.4, 0.5) is 0 Å². The third kappa shape index (κ3) is 4.24. The molecule has 0 unspecified atom stereocenters. The number of hydrogen-bond acceptors (Lipinski definition) is 6. The van der Waals surface area contributed by atoms with E-state index in [0.717, 1.165) is 0 Å². The Balaban J connectivity index is 2.30. The Morgan fingerprint density at radius 1 is 0.905 bits per heavy atom. The fourth-order valence-corrected chi connectivity index (χ4v) is 1.50. The molecule has 106 valence electrons. The number of aliphatic imine (C=N–C) groups is 2. The van der Waals surface area contributed by atoms with Gasteiger partial charge in [0.25, 0.3) is 0 Å². The maximum Gasteiger partial charge on any atom is 0.346 e. The maximum atomic E-state index is 11.6. The fraction of sp³-hybridized carbons (Fsp3) is 0.0667. The molecule has 0 aromatic rings. The van der Waals surface area contributed by atoms with E-state index in [9.17, 15) is 9.59 Å². The van der Waals surface area contributed by atoms with Crippen LogP contribution in [0.1, 0.15) is 0 Å². The van der Waals surface area contributed by atoms with E-state index < -0.39 is 11.9 Å². The molecule has 2 heterocycles. The molecule has 6 nitrogen and oxygen atoms in total. The summed E-state index contributed by atoms with van der Waals surface area (Å²) < 4.78 is 9.67. The van der Waals surface area contributed by atoms with Crippen LogP contribution in [0.25, 0.3) is 0 Å². The minimum atomic E-state index is -0.677. The number of fused-ring (bicyclic) bond motifs is 1. The normalized spacial score (nSPS) is 18.9. The van der Waals surface area contributed by atoms with Crippen LogP contribution in [0.2, 0.25) is 0 Å². The van der Waals surface area contributed by atoms with Gasteiger partial charge in [-0.3, -0.25) is 9.98 Å². The second kappa shape index (κ2) is 7.54. The van der Waals surface area contributed by atoms with Gasteiger partial charge < -0.3 is 9.47 Å². The van der Waals surface area contributed by atoms with Crippen molar-refractivity contribution in [2.24, 2.45) is 9.98 Å². The van der Waals surface area contributed by atoms with Crippen LogP contribution >= 0.6 is 0 Å². The van der Waals surface area contributed by atoms with Crippen LogP contribution in [0, 0.1) is 0 Å². The largest absolute Gasteiger partial charge is 0.495 e. The standard InChI is InChI=1S/C15H12N2O4/c18-14-12-4-1-6-16-8-3-10-20-11-9-17-7-2-5-13(12)15(19)21-14/h1-10H,11H2. The van der Waals surface area contributed by atoms with Gasteiger partial charge in [0.2, 0.25) is 0 Å². The van der Waals surface area contributed by atoms with Crippen LogP contribution in [0.5, 0.6) is 0 Å². The lowest BCUT2D eigenvalue weighted by Gasteiger charge is -1.91. The van der Waals surface area contributed by atoms with Crippen LogP contribution in [-0.2, 0) is 19.1 Å². The maximum absolute atomic E-state index is 11.6. The first kappa shape index (κ1) is 14.4. The van der Waals surface area contributed by atoms with Gasteiger partial charge in [-0.15, -0.1) is 0 Å². The molecule has 2 rings (SSSR count). The van der Waals surface area contributed by atoms with E-state index in [2.05, 4.69) is 14.7 Å². The summed E-state index contributed by atoms with van der Waals surface area (Å²) in [5.74, 6) is -1.35. The van der Waals surface area contributed by atoms with Crippen LogP contribution in [0.15, 0.2) is 70.2 Å². The third-order valence-electron chi connectivity index (χ3n) is 2.41. The highest BCUT2D eigenvalue weighted by Crippen LogP contribution is 2.22. The van der Waals surface area contributed by atoms with Gasteiger partial charge in [-0.2, -0.15) is 0 Å². The first-order valence-corrected chi connectivity index (χ1v) is 6.11. The molecule has 21 heavy (non-hydrogen) atoms. The third-order valence-corrected chi connectivity index (χ3v) is 2.41. The van der Waals surface area contributed by atoms with Gasteiger partial charge in [0.05, 0.1) is 17.4 Å². The van der Waals surface area contributed by atoms with Gasteiger partial charge in [-0.05, 0) is 30.4 Å². The molecule has 0 aliphatic carbocycles. The highest BCUT2D eigenvalue weighted by atomic mass is 16.6.